The molecule has 2 aromatic carbocycles. The summed E-state index contributed by atoms with van der Waals surface area (Å²) in [6.45, 7) is 4.51. The molecular formula is C28H36O7. The van der Waals surface area contributed by atoms with Crippen LogP contribution in [0.1, 0.15) is 37.5 Å². The average molecular weight is 485 g/mol. The van der Waals surface area contributed by atoms with Crippen LogP contribution in [0.25, 0.3) is 0 Å². The van der Waals surface area contributed by atoms with Gasteiger partial charge in [-0.1, -0.05) is 18.2 Å². The summed E-state index contributed by atoms with van der Waals surface area (Å²) in [6.07, 6.45) is 3.09. The van der Waals surface area contributed by atoms with Crippen LogP contribution in [-0.2, 0) is 20.7 Å². The van der Waals surface area contributed by atoms with E-state index in [0.717, 1.165) is 17.5 Å². The maximum Gasteiger partial charge on any atom is 0.333 e. The third-order valence-electron chi connectivity index (χ3n) is 6.61. The number of carbonyl (C=O) groups excluding carboxylic acids is 1. The molecule has 190 valence electrons. The second-order valence-corrected chi connectivity index (χ2v) is 8.58. The fourth-order valence-corrected chi connectivity index (χ4v) is 4.52. The predicted octanol–water partition coefficient (Wildman–Crippen LogP) is 5.17. The van der Waals surface area contributed by atoms with E-state index in [1.165, 1.54) is 0 Å². The zero-order valence-electron chi connectivity index (χ0n) is 21.5. The van der Waals surface area contributed by atoms with E-state index in [1.54, 1.807) is 41.4 Å². The monoisotopic (exact) mass is 484 g/mol. The first-order valence-electron chi connectivity index (χ1n) is 11.8. The van der Waals surface area contributed by atoms with E-state index in [0.29, 0.717) is 48.2 Å². The summed E-state index contributed by atoms with van der Waals surface area (Å²) in [6, 6.07) is 11.9. The summed E-state index contributed by atoms with van der Waals surface area (Å²) in [7, 11) is 6.50. The fourth-order valence-electron chi connectivity index (χ4n) is 4.52. The van der Waals surface area contributed by atoms with E-state index >= 15 is 0 Å². The highest BCUT2D eigenvalue weighted by Crippen LogP contribution is 2.44. The third-order valence-corrected chi connectivity index (χ3v) is 6.61. The Labute approximate surface area is 207 Å². The van der Waals surface area contributed by atoms with Crippen LogP contribution in [0.3, 0.4) is 0 Å². The number of carbonyl (C=O) groups is 1. The second-order valence-electron chi connectivity index (χ2n) is 8.58. The van der Waals surface area contributed by atoms with E-state index in [1.807, 2.05) is 37.3 Å². The van der Waals surface area contributed by atoms with Crippen molar-refractivity contribution in [2.45, 2.75) is 32.8 Å². The van der Waals surface area contributed by atoms with E-state index in [-0.39, 0.29) is 23.9 Å². The van der Waals surface area contributed by atoms with Crippen molar-refractivity contribution in [1.82, 2.24) is 0 Å². The molecule has 0 bridgehead atoms. The predicted molar refractivity (Wildman–Crippen MR) is 133 cm³/mol. The molecule has 1 fully saturated rings. The molecule has 1 aliphatic rings. The summed E-state index contributed by atoms with van der Waals surface area (Å²) in [5, 5.41) is 0. The van der Waals surface area contributed by atoms with Gasteiger partial charge in [-0.2, -0.15) is 0 Å². The minimum Gasteiger partial charge on any atom is -0.493 e. The minimum absolute atomic E-state index is 0.139. The molecule has 7 nitrogen and oxygen atoms in total. The summed E-state index contributed by atoms with van der Waals surface area (Å²) >= 11 is 0. The van der Waals surface area contributed by atoms with Gasteiger partial charge in [0.05, 0.1) is 47.8 Å². The molecule has 0 radical (unpaired) electrons. The third kappa shape index (κ3) is 6.28. The van der Waals surface area contributed by atoms with Crippen LogP contribution in [0.4, 0.5) is 0 Å². The quantitative estimate of drug-likeness (QED) is 0.322. The first-order chi connectivity index (χ1) is 16.9. The summed E-state index contributed by atoms with van der Waals surface area (Å²) in [5.74, 6) is 2.81. The number of ether oxygens (including phenoxy) is 6. The Bertz CT molecular complexity index is 1030. The van der Waals surface area contributed by atoms with E-state index < -0.39 is 0 Å². The van der Waals surface area contributed by atoms with E-state index in [2.05, 4.69) is 6.07 Å². The van der Waals surface area contributed by atoms with Crippen LogP contribution in [0.2, 0.25) is 0 Å². The van der Waals surface area contributed by atoms with Gasteiger partial charge in [0.1, 0.15) is 0 Å². The van der Waals surface area contributed by atoms with Crippen molar-refractivity contribution in [2.75, 3.05) is 41.7 Å². The van der Waals surface area contributed by atoms with Crippen LogP contribution < -0.4 is 18.9 Å². The standard InChI is InChI=1S/C28H36O7/c1-7-18(2)28(29)34-13-12-22-21(14-19-8-10-23(30-3)25(15-19)32-5)17-35-27(22)20-9-11-24(31-4)26(16-20)33-6/h7-11,15-16,21-22,27H,12-14,17H2,1-6H3/b18-7-/t21-,22-,27+/m0/s1. The molecule has 1 aliphatic heterocycles. The molecule has 0 spiro atoms. The van der Waals surface area contributed by atoms with Crippen molar-refractivity contribution < 1.29 is 33.2 Å². The highest BCUT2D eigenvalue weighted by molar-refractivity contribution is 5.87. The molecule has 3 rings (SSSR count). The number of hydrogen-bond acceptors (Lipinski definition) is 7. The highest BCUT2D eigenvalue weighted by Gasteiger charge is 2.38. The van der Waals surface area contributed by atoms with Gasteiger partial charge in [-0.3, -0.25) is 0 Å². The molecule has 2 aromatic rings. The topological polar surface area (TPSA) is 72.5 Å². The normalized spacial score (nSPS) is 19.8. The molecule has 0 amide bonds. The summed E-state index contributed by atoms with van der Waals surface area (Å²) < 4.78 is 33.6. The second kappa shape index (κ2) is 12.5. The Hall–Kier alpha value is -3.19. The molecule has 0 aromatic heterocycles. The Morgan fingerprint density at radius 2 is 1.57 bits per heavy atom. The molecule has 0 N–H and O–H groups in total. The molecule has 0 saturated carbocycles. The molecule has 7 heteroatoms. The Kier molecular flexibility index (Phi) is 9.43. The van der Waals surface area contributed by atoms with Gasteiger partial charge < -0.3 is 28.4 Å². The number of rotatable bonds is 11. The zero-order chi connectivity index (χ0) is 25.4. The van der Waals surface area contributed by atoms with Gasteiger partial charge in [0.15, 0.2) is 23.0 Å². The van der Waals surface area contributed by atoms with Crippen LogP contribution in [-0.4, -0.2) is 47.6 Å². The van der Waals surface area contributed by atoms with E-state index in [4.69, 9.17) is 28.4 Å². The maximum atomic E-state index is 12.2. The number of hydrogen-bond donors (Lipinski definition) is 0. The molecule has 35 heavy (non-hydrogen) atoms. The molecular weight excluding hydrogens is 448 g/mol. The fraction of sp³-hybridized carbons (Fsp3) is 0.464. The molecule has 3 atom stereocenters. The lowest BCUT2D eigenvalue weighted by molar-refractivity contribution is -0.139. The van der Waals surface area contributed by atoms with Crippen molar-refractivity contribution in [1.29, 1.82) is 0 Å². The summed E-state index contributed by atoms with van der Waals surface area (Å²) in [5.41, 5.74) is 2.75. The lowest BCUT2D eigenvalue weighted by Gasteiger charge is -2.24. The van der Waals surface area contributed by atoms with Gasteiger partial charge in [-0.25, -0.2) is 4.79 Å². The maximum absolute atomic E-state index is 12.2. The van der Waals surface area contributed by atoms with Gasteiger partial charge in [0.25, 0.3) is 0 Å². The Morgan fingerprint density at radius 1 is 0.943 bits per heavy atom. The van der Waals surface area contributed by atoms with Crippen LogP contribution in [0.15, 0.2) is 48.0 Å². The lowest BCUT2D eigenvalue weighted by Crippen LogP contribution is -2.20. The van der Waals surface area contributed by atoms with Gasteiger partial charge in [-0.15, -0.1) is 0 Å². The summed E-state index contributed by atoms with van der Waals surface area (Å²) in [4.78, 5) is 12.2. The van der Waals surface area contributed by atoms with Crippen LogP contribution in [0.5, 0.6) is 23.0 Å². The van der Waals surface area contributed by atoms with Crippen molar-refractivity contribution >= 4 is 5.97 Å². The Balaban J connectivity index is 1.83. The number of allylic oxidation sites excluding steroid dienone is 1. The average Bonchev–Trinajstić information content (AvgIpc) is 3.29. The molecule has 1 heterocycles. The first-order valence-corrected chi connectivity index (χ1v) is 11.8. The number of esters is 1. The van der Waals surface area contributed by atoms with Gasteiger partial charge in [-0.05, 0) is 73.9 Å². The van der Waals surface area contributed by atoms with E-state index in [9.17, 15) is 4.79 Å². The van der Waals surface area contributed by atoms with Crippen LogP contribution in [0, 0.1) is 11.8 Å². The SMILES string of the molecule is C/C=C(/C)C(=O)OCC[C@H]1[C@@H](Cc2ccc(OC)c(OC)c2)CO[C@@H]1c1ccc(OC)c(OC)c1. The molecule has 0 unspecified atom stereocenters. The highest BCUT2D eigenvalue weighted by atomic mass is 16.5. The van der Waals surface area contributed by atoms with Gasteiger partial charge >= 0.3 is 5.97 Å². The van der Waals surface area contributed by atoms with Gasteiger partial charge in [0, 0.05) is 5.57 Å². The van der Waals surface area contributed by atoms with Crippen molar-refractivity contribution in [3.05, 3.63) is 59.2 Å². The Morgan fingerprint density at radius 3 is 2.20 bits per heavy atom. The zero-order valence-corrected chi connectivity index (χ0v) is 21.5. The van der Waals surface area contributed by atoms with Crippen molar-refractivity contribution in [3.63, 3.8) is 0 Å². The van der Waals surface area contributed by atoms with Crippen molar-refractivity contribution in [3.8, 4) is 23.0 Å². The minimum atomic E-state index is -0.287. The van der Waals surface area contributed by atoms with Crippen LogP contribution >= 0.6 is 0 Å². The molecule has 0 aliphatic carbocycles. The smallest absolute Gasteiger partial charge is 0.333 e. The number of benzene rings is 2. The molecule has 1 saturated heterocycles. The largest absolute Gasteiger partial charge is 0.493 e. The number of methoxy groups -OCH3 is 4. The van der Waals surface area contributed by atoms with Crippen molar-refractivity contribution in [2.24, 2.45) is 11.8 Å². The lowest BCUT2D eigenvalue weighted by atomic mass is 9.81. The first kappa shape index (κ1) is 26.4. The van der Waals surface area contributed by atoms with Gasteiger partial charge in [0.2, 0.25) is 0 Å².